The molecule has 7 N–H and O–H groups in total. The zero-order chi connectivity index (χ0) is 21.7. The molecule has 1 heterocycles. The van der Waals surface area contributed by atoms with Crippen molar-refractivity contribution in [2.24, 2.45) is 11.5 Å². The Morgan fingerprint density at radius 2 is 1.73 bits per heavy atom. The molecular weight excluding hydrogens is 382 g/mol. The fourth-order valence-corrected chi connectivity index (χ4v) is 3.16. The van der Waals surface area contributed by atoms with Crippen LogP contribution in [0.1, 0.15) is 11.1 Å². The molecule has 0 saturated heterocycles. The van der Waals surface area contributed by atoms with Crippen LogP contribution in [0.3, 0.4) is 0 Å². The number of amides is 2. The molecule has 0 fully saturated rings. The summed E-state index contributed by atoms with van der Waals surface area (Å²) in [5.74, 6) is -2.83. The Balaban J connectivity index is 1.85. The van der Waals surface area contributed by atoms with Crippen molar-refractivity contribution in [3.05, 3.63) is 83.7 Å². The van der Waals surface area contributed by atoms with Crippen molar-refractivity contribution >= 4 is 34.2 Å². The molecule has 0 radical (unpaired) electrons. The highest BCUT2D eigenvalue weighted by Crippen LogP contribution is 2.20. The van der Waals surface area contributed by atoms with E-state index in [2.05, 4.69) is 10.3 Å². The van der Waals surface area contributed by atoms with E-state index in [-0.39, 0.29) is 17.7 Å². The van der Waals surface area contributed by atoms with Crippen molar-refractivity contribution in [3.63, 3.8) is 0 Å². The molecule has 0 aliphatic rings. The SMILES string of the molecule is N=C(/C(=C\N)C(=O)NC(Cc1ccccc1)C(=O)C(N)=O)c1c[nH]c2ccccc12. The number of aromatic nitrogens is 1. The third kappa shape index (κ3) is 4.27. The fraction of sp³-hybridized carbons (Fsp3) is 0.0909. The molecule has 2 aromatic carbocycles. The summed E-state index contributed by atoms with van der Waals surface area (Å²) >= 11 is 0. The third-order valence-electron chi connectivity index (χ3n) is 4.69. The van der Waals surface area contributed by atoms with Gasteiger partial charge in [-0.1, -0.05) is 48.5 Å². The molecule has 0 bridgehead atoms. The summed E-state index contributed by atoms with van der Waals surface area (Å²) in [5.41, 5.74) is 12.6. The van der Waals surface area contributed by atoms with Gasteiger partial charge in [-0.25, -0.2) is 0 Å². The Morgan fingerprint density at radius 1 is 1.07 bits per heavy atom. The van der Waals surface area contributed by atoms with Gasteiger partial charge in [0.2, 0.25) is 5.78 Å². The van der Waals surface area contributed by atoms with E-state index < -0.39 is 23.6 Å². The highest BCUT2D eigenvalue weighted by atomic mass is 16.2. The number of aromatic amines is 1. The number of primary amides is 1. The number of carbonyl (C=O) groups excluding carboxylic acids is 3. The second-order valence-corrected chi connectivity index (χ2v) is 6.65. The van der Waals surface area contributed by atoms with Crippen LogP contribution in [-0.4, -0.2) is 34.3 Å². The highest BCUT2D eigenvalue weighted by Gasteiger charge is 2.28. The van der Waals surface area contributed by atoms with Crippen LogP contribution in [0.5, 0.6) is 0 Å². The lowest BCUT2D eigenvalue weighted by atomic mass is 9.99. The van der Waals surface area contributed by atoms with Crippen molar-refractivity contribution in [3.8, 4) is 0 Å². The predicted octanol–water partition coefficient (Wildman–Crippen LogP) is 1.16. The molecule has 3 rings (SSSR count). The van der Waals surface area contributed by atoms with Crippen molar-refractivity contribution in [2.45, 2.75) is 12.5 Å². The normalized spacial score (nSPS) is 12.3. The Bertz CT molecular complexity index is 1150. The number of rotatable bonds is 8. The van der Waals surface area contributed by atoms with Gasteiger partial charge in [-0.15, -0.1) is 0 Å². The minimum Gasteiger partial charge on any atom is -0.404 e. The quantitative estimate of drug-likeness (QED) is 0.217. The first kappa shape index (κ1) is 20.5. The van der Waals surface area contributed by atoms with Crippen LogP contribution in [0.15, 0.2) is 72.6 Å². The van der Waals surface area contributed by atoms with Crippen LogP contribution < -0.4 is 16.8 Å². The molecule has 0 saturated carbocycles. The number of benzene rings is 2. The summed E-state index contributed by atoms with van der Waals surface area (Å²) in [7, 11) is 0. The van der Waals surface area contributed by atoms with Crippen LogP contribution in [0.25, 0.3) is 10.9 Å². The maximum Gasteiger partial charge on any atom is 0.287 e. The van der Waals surface area contributed by atoms with Crippen molar-refractivity contribution in [2.75, 3.05) is 0 Å². The van der Waals surface area contributed by atoms with Crippen molar-refractivity contribution in [1.82, 2.24) is 10.3 Å². The topological polar surface area (TPSA) is 155 Å². The number of para-hydroxylation sites is 1. The lowest BCUT2D eigenvalue weighted by molar-refractivity contribution is -0.138. The molecule has 1 atom stereocenters. The minimum absolute atomic E-state index is 0.0760. The largest absolute Gasteiger partial charge is 0.404 e. The van der Waals surface area contributed by atoms with Gasteiger partial charge in [0.05, 0.1) is 11.3 Å². The Kier molecular flexibility index (Phi) is 6.07. The number of Topliss-reactive ketones (excluding diaryl/α,β-unsaturated/α-hetero) is 1. The molecule has 3 aromatic rings. The summed E-state index contributed by atoms with van der Waals surface area (Å²) in [4.78, 5) is 39.6. The van der Waals surface area contributed by atoms with Gasteiger partial charge in [-0.2, -0.15) is 0 Å². The first-order valence-electron chi connectivity index (χ1n) is 9.18. The van der Waals surface area contributed by atoms with E-state index >= 15 is 0 Å². The van der Waals surface area contributed by atoms with E-state index in [0.717, 1.165) is 22.7 Å². The van der Waals surface area contributed by atoms with E-state index in [0.29, 0.717) is 5.56 Å². The standard InChI is InChI=1S/C22H21N5O3/c23-11-15(19(24)16-12-26-17-9-5-4-8-14(16)17)22(30)27-18(20(28)21(25)29)10-13-6-2-1-3-7-13/h1-9,11-12,18,24,26H,10,23H2,(H2,25,29)(H,27,30)/b15-11+,24-19?. The average molecular weight is 403 g/mol. The molecule has 30 heavy (non-hydrogen) atoms. The number of nitrogens with two attached hydrogens (primary N) is 2. The van der Waals surface area contributed by atoms with Crippen molar-refractivity contribution in [1.29, 1.82) is 5.41 Å². The maximum atomic E-state index is 12.9. The Morgan fingerprint density at radius 3 is 2.40 bits per heavy atom. The van der Waals surface area contributed by atoms with E-state index in [1.807, 2.05) is 30.3 Å². The second-order valence-electron chi connectivity index (χ2n) is 6.65. The van der Waals surface area contributed by atoms with Crippen LogP contribution in [-0.2, 0) is 20.8 Å². The van der Waals surface area contributed by atoms with E-state index in [9.17, 15) is 14.4 Å². The second kappa shape index (κ2) is 8.87. The Labute approximate surface area is 172 Å². The maximum absolute atomic E-state index is 12.9. The summed E-state index contributed by atoms with van der Waals surface area (Å²) in [6, 6.07) is 15.1. The van der Waals surface area contributed by atoms with Gasteiger partial charge in [0.25, 0.3) is 11.8 Å². The number of carbonyl (C=O) groups is 3. The minimum atomic E-state index is -1.18. The molecule has 2 amide bonds. The summed E-state index contributed by atoms with van der Waals surface area (Å²) < 4.78 is 0. The van der Waals surface area contributed by atoms with Gasteiger partial charge < -0.3 is 21.8 Å². The van der Waals surface area contributed by atoms with E-state index in [4.69, 9.17) is 16.9 Å². The number of fused-ring (bicyclic) bond motifs is 1. The first-order valence-corrected chi connectivity index (χ1v) is 9.18. The smallest absolute Gasteiger partial charge is 0.287 e. The van der Waals surface area contributed by atoms with E-state index in [1.54, 1.807) is 30.5 Å². The number of ketones is 1. The molecular formula is C22H21N5O3. The molecule has 1 unspecified atom stereocenters. The van der Waals surface area contributed by atoms with Crippen molar-refractivity contribution < 1.29 is 14.4 Å². The summed E-state index contributed by atoms with van der Waals surface area (Å²) in [5, 5.41) is 11.7. The van der Waals surface area contributed by atoms with Gasteiger partial charge in [0.1, 0.15) is 6.04 Å². The summed E-state index contributed by atoms with van der Waals surface area (Å²) in [6.07, 6.45) is 2.69. The van der Waals surface area contributed by atoms with Gasteiger partial charge >= 0.3 is 0 Å². The van der Waals surface area contributed by atoms with Crippen LogP contribution in [0.4, 0.5) is 0 Å². The number of hydrogen-bond acceptors (Lipinski definition) is 5. The van der Waals surface area contributed by atoms with Crippen LogP contribution in [0, 0.1) is 5.41 Å². The van der Waals surface area contributed by atoms with Gasteiger partial charge in [-0.05, 0) is 11.6 Å². The number of hydrogen-bond donors (Lipinski definition) is 5. The van der Waals surface area contributed by atoms with E-state index in [1.165, 1.54) is 0 Å². The van der Waals surface area contributed by atoms with Gasteiger partial charge in [0, 0.05) is 35.3 Å². The lowest BCUT2D eigenvalue weighted by Gasteiger charge is -2.18. The monoisotopic (exact) mass is 403 g/mol. The average Bonchev–Trinajstić information content (AvgIpc) is 3.18. The first-order chi connectivity index (χ1) is 14.4. The number of nitrogens with one attached hydrogen (secondary N) is 3. The molecule has 0 aliphatic carbocycles. The summed E-state index contributed by atoms with van der Waals surface area (Å²) in [6.45, 7) is 0. The fourth-order valence-electron chi connectivity index (χ4n) is 3.16. The number of H-pyrrole nitrogens is 1. The molecule has 8 nitrogen and oxygen atoms in total. The zero-order valence-electron chi connectivity index (χ0n) is 16.0. The van der Waals surface area contributed by atoms with Crippen LogP contribution >= 0.6 is 0 Å². The van der Waals surface area contributed by atoms with Gasteiger partial charge in [0.15, 0.2) is 0 Å². The van der Waals surface area contributed by atoms with Crippen LogP contribution in [0.2, 0.25) is 0 Å². The molecule has 152 valence electrons. The molecule has 0 spiro atoms. The highest BCUT2D eigenvalue weighted by molar-refractivity contribution is 6.38. The third-order valence-corrected chi connectivity index (χ3v) is 4.69. The molecule has 1 aromatic heterocycles. The zero-order valence-corrected chi connectivity index (χ0v) is 16.0. The Hall–Kier alpha value is -4.20. The molecule has 8 heteroatoms. The lowest BCUT2D eigenvalue weighted by Crippen LogP contribution is -2.48. The van der Waals surface area contributed by atoms with Gasteiger partial charge in [-0.3, -0.25) is 19.8 Å². The molecule has 0 aliphatic heterocycles. The predicted molar refractivity (Wildman–Crippen MR) is 114 cm³/mol.